The number of furan rings is 1. The van der Waals surface area contributed by atoms with E-state index in [1.54, 1.807) is 6.26 Å². The highest BCUT2D eigenvalue weighted by atomic mass is 16.3. The Morgan fingerprint density at radius 1 is 1.47 bits per heavy atom. The summed E-state index contributed by atoms with van der Waals surface area (Å²) >= 11 is 0. The van der Waals surface area contributed by atoms with Gasteiger partial charge in [0, 0.05) is 25.7 Å². The van der Waals surface area contributed by atoms with Crippen molar-refractivity contribution in [3.8, 4) is 0 Å². The third kappa shape index (κ3) is 1.63. The average molecular weight is 232 g/mol. The van der Waals surface area contributed by atoms with Crippen molar-refractivity contribution in [1.82, 2.24) is 9.55 Å². The molecular weight excluding hydrogens is 216 g/mol. The van der Waals surface area contributed by atoms with Crippen molar-refractivity contribution in [3.05, 3.63) is 35.6 Å². The fourth-order valence-corrected chi connectivity index (χ4v) is 2.43. The molecule has 0 aromatic carbocycles. The Balaban J connectivity index is 1.94. The minimum atomic E-state index is 0.495. The lowest BCUT2D eigenvalue weighted by molar-refractivity contribution is 0.493. The van der Waals surface area contributed by atoms with Gasteiger partial charge in [0.1, 0.15) is 5.82 Å². The van der Waals surface area contributed by atoms with E-state index < -0.39 is 0 Å². The van der Waals surface area contributed by atoms with Crippen molar-refractivity contribution in [1.29, 1.82) is 0 Å². The second kappa shape index (κ2) is 3.92. The summed E-state index contributed by atoms with van der Waals surface area (Å²) in [7, 11) is 0. The van der Waals surface area contributed by atoms with Crippen LogP contribution in [0.3, 0.4) is 0 Å². The minimum Gasteiger partial charge on any atom is -0.449 e. The quantitative estimate of drug-likeness (QED) is 0.847. The summed E-state index contributed by atoms with van der Waals surface area (Å²) in [5, 5.41) is 0. The van der Waals surface area contributed by atoms with Gasteiger partial charge in [-0.15, -0.1) is 0 Å². The van der Waals surface area contributed by atoms with Crippen LogP contribution in [0.4, 0.5) is 5.88 Å². The van der Waals surface area contributed by atoms with Crippen LogP contribution in [0.2, 0.25) is 0 Å². The van der Waals surface area contributed by atoms with Crippen LogP contribution < -0.4 is 10.6 Å². The molecule has 0 radical (unpaired) electrons. The average Bonchev–Trinajstić information content (AvgIpc) is 2.97. The van der Waals surface area contributed by atoms with Crippen LogP contribution in [-0.2, 0) is 19.6 Å². The number of anilines is 1. The standard InChI is InChI=1S/C12H16N4O/c1-9-14-10(7-13)11-8-15(4-5-16(9)11)12-3-2-6-17-12/h2-3,6H,4-5,7-8,13H2,1H3. The molecule has 0 saturated carbocycles. The number of nitrogens with zero attached hydrogens (tertiary/aromatic N) is 3. The van der Waals surface area contributed by atoms with Gasteiger partial charge >= 0.3 is 0 Å². The summed E-state index contributed by atoms with van der Waals surface area (Å²) in [5.74, 6) is 1.97. The molecule has 5 heteroatoms. The number of imidazole rings is 1. The lowest BCUT2D eigenvalue weighted by Gasteiger charge is -2.28. The summed E-state index contributed by atoms with van der Waals surface area (Å²) in [4.78, 5) is 6.73. The second-order valence-electron chi connectivity index (χ2n) is 4.28. The Morgan fingerprint density at radius 2 is 2.35 bits per heavy atom. The lowest BCUT2D eigenvalue weighted by Crippen LogP contribution is -2.34. The zero-order valence-electron chi connectivity index (χ0n) is 9.89. The molecule has 0 unspecified atom stereocenters. The zero-order chi connectivity index (χ0) is 11.8. The molecule has 0 aliphatic carbocycles. The van der Waals surface area contributed by atoms with Gasteiger partial charge in [0.2, 0.25) is 0 Å². The molecule has 17 heavy (non-hydrogen) atoms. The van der Waals surface area contributed by atoms with E-state index in [2.05, 4.69) is 14.5 Å². The van der Waals surface area contributed by atoms with E-state index in [0.29, 0.717) is 6.54 Å². The number of aryl methyl sites for hydroxylation is 1. The van der Waals surface area contributed by atoms with E-state index in [1.807, 2.05) is 19.1 Å². The third-order valence-corrected chi connectivity index (χ3v) is 3.29. The van der Waals surface area contributed by atoms with Crippen LogP contribution in [0.15, 0.2) is 22.8 Å². The number of fused-ring (bicyclic) bond motifs is 1. The summed E-state index contributed by atoms with van der Waals surface area (Å²) in [6, 6.07) is 3.90. The molecule has 1 aliphatic heterocycles. The first kappa shape index (κ1) is 10.4. The van der Waals surface area contributed by atoms with Crippen molar-refractivity contribution in [3.63, 3.8) is 0 Å². The highest BCUT2D eigenvalue weighted by Gasteiger charge is 2.23. The van der Waals surface area contributed by atoms with Gasteiger partial charge in [-0.1, -0.05) is 0 Å². The summed E-state index contributed by atoms with van der Waals surface area (Å²) in [6.45, 7) is 5.23. The fraction of sp³-hybridized carbons (Fsp3) is 0.417. The van der Waals surface area contributed by atoms with E-state index in [1.165, 1.54) is 5.69 Å². The van der Waals surface area contributed by atoms with Gasteiger partial charge in [-0.3, -0.25) is 0 Å². The van der Waals surface area contributed by atoms with E-state index in [9.17, 15) is 0 Å². The monoisotopic (exact) mass is 232 g/mol. The SMILES string of the molecule is Cc1nc(CN)c2n1CCN(c1ccco1)C2. The summed E-state index contributed by atoms with van der Waals surface area (Å²) in [5.41, 5.74) is 7.95. The predicted octanol–water partition coefficient (Wildman–Crippen LogP) is 1.26. The Bertz CT molecular complexity index is 515. The fourth-order valence-electron chi connectivity index (χ4n) is 2.43. The molecule has 3 heterocycles. The highest BCUT2D eigenvalue weighted by molar-refractivity contribution is 5.37. The van der Waals surface area contributed by atoms with Crippen molar-refractivity contribution in [2.24, 2.45) is 5.73 Å². The van der Waals surface area contributed by atoms with Crippen molar-refractivity contribution >= 4 is 5.88 Å². The molecule has 0 amide bonds. The Kier molecular flexibility index (Phi) is 2.40. The number of rotatable bonds is 2. The maximum absolute atomic E-state index is 5.73. The van der Waals surface area contributed by atoms with Gasteiger partial charge in [0.05, 0.1) is 24.2 Å². The van der Waals surface area contributed by atoms with Crippen LogP contribution in [0.25, 0.3) is 0 Å². The van der Waals surface area contributed by atoms with E-state index in [-0.39, 0.29) is 0 Å². The molecule has 3 rings (SSSR count). The first-order valence-electron chi connectivity index (χ1n) is 5.83. The number of aromatic nitrogens is 2. The van der Waals surface area contributed by atoms with E-state index in [4.69, 9.17) is 10.2 Å². The van der Waals surface area contributed by atoms with Crippen LogP contribution in [-0.4, -0.2) is 16.1 Å². The molecule has 0 atom stereocenters. The van der Waals surface area contributed by atoms with Gasteiger partial charge in [0.25, 0.3) is 0 Å². The van der Waals surface area contributed by atoms with Gasteiger partial charge in [-0.05, 0) is 13.0 Å². The predicted molar refractivity (Wildman–Crippen MR) is 64.6 cm³/mol. The van der Waals surface area contributed by atoms with Gasteiger partial charge in [-0.2, -0.15) is 0 Å². The molecule has 5 nitrogen and oxygen atoms in total. The molecule has 0 bridgehead atoms. The van der Waals surface area contributed by atoms with Crippen molar-refractivity contribution in [2.45, 2.75) is 26.6 Å². The Morgan fingerprint density at radius 3 is 3.06 bits per heavy atom. The van der Waals surface area contributed by atoms with Gasteiger partial charge < -0.3 is 19.6 Å². The number of hydrogen-bond donors (Lipinski definition) is 1. The van der Waals surface area contributed by atoms with Gasteiger partial charge in [0.15, 0.2) is 5.88 Å². The second-order valence-corrected chi connectivity index (χ2v) is 4.28. The molecular formula is C12H16N4O. The normalized spacial score (nSPS) is 15.1. The van der Waals surface area contributed by atoms with Gasteiger partial charge in [-0.25, -0.2) is 4.98 Å². The van der Waals surface area contributed by atoms with E-state index in [0.717, 1.165) is 37.0 Å². The Hall–Kier alpha value is -1.75. The highest BCUT2D eigenvalue weighted by Crippen LogP contribution is 2.24. The zero-order valence-corrected chi connectivity index (χ0v) is 9.89. The first-order valence-corrected chi connectivity index (χ1v) is 5.83. The Labute approximate surface area is 99.8 Å². The molecule has 0 fully saturated rings. The van der Waals surface area contributed by atoms with Crippen LogP contribution in [0, 0.1) is 6.92 Å². The van der Waals surface area contributed by atoms with E-state index >= 15 is 0 Å². The van der Waals surface area contributed by atoms with Crippen LogP contribution >= 0.6 is 0 Å². The maximum Gasteiger partial charge on any atom is 0.195 e. The lowest BCUT2D eigenvalue weighted by atomic mass is 10.2. The number of nitrogens with two attached hydrogens (primary N) is 1. The van der Waals surface area contributed by atoms with Crippen LogP contribution in [0.5, 0.6) is 0 Å². The molecule has 0 spiro atoms. The molecule has 2 aromatic rings. The molecule has 0 saturated heterocycles. The van der Waals surface area contributed by atoms with Crippen molar-refractivity contribution in [2.75, 3.05) is 11.4 Å². The first-order chi connectivity index (χ1) is 8.29. The largest absolute Gasteiger partial charge is 0.449 e. The summed E-state index contributed by atoms with van der Waals surface area (Å²) in [6.07, 6.45) is 1.70. The molecule has 1 aliphatic rings. The molecule has 90 valence electrons. The van der Waals surface area contributed by atoms with Crippen molar-refractivity contribution < 1.29 is 4.42 Å². The molecule has 2 aromatic heterocycles. The number of hydrogen-bond acceptors (Lipinski definition) is 4. The van der Waals surface area contributed by atoms with Crippen LogP contribution in [0.1, 0.15) is 17.2 Å². The maximum atomic E-state index is 5.73. The smallest absolute Gasteiger partial charge is 0.195 e. The third-order valence-electron chi connectivity index (χ3n) is 3.29. The minimum absolute atomic E-state index is 0.495. The topological polar surface area (TPSA) is 60.2 Å². The summed E-state index contributed by atoms with van der Waals surface area (Å²) < 4.78 is 7.68. The molecule has 2 N–H and O–H groups in total.